The molecular weight excluding hydrogens is 1000 g/mol. The third-order valence-corrected chi connectivity index (χ3v) is 13.2. The smallest absolute Gasteiger partial charge is 0.487 e. The molecule has 1 atom stereocenters. The molecule has 1 aromatic heterocycles. The van der Waals surface area contributed by atoms with Gasteiger partial charge in [-0.2, -0.15) is 13.2 Å². The minimum Gasteiger partial charge on any atom is -0.487 e. The van der Waals surface area contributed by atoms with E-state index in [2.05, 4.69) is 10.3 Å². The summed E-state index contributed by atoms with van der Waals surface area (Å²) in [5.74, 6) is -3.73. The Morgan fingerprint density at radius 1 is 0.833 bits per heavy atom. The van der Waals surface area contributed by atoms with Crippen LogP contribution in [0.2, 0.25) is 25.7 Å². The van der Waals surface area contributed by atoms with E-state index in [-0.39, 0.29) is 50.6 Å². The number of benzene rings is 3. The first-order valence-corrected chi connectivity index (χ1v) is 27.2. The Labute approximate surface area is 413 Å². The third kappa shape index (κ3) is 15.9. The summed E-state index contributed by atoms with van der Waals surface area (Å²) in [5.41, 5.74) is -9.68. The molecule has 0 bridgehead atoms. The number of rotatable bonds is 18. The van der Waals surface area contributed by atoms with Crippen LogP contribution >= 0.6 is 0 Å². The molecule has 0 aliphatic heterocycles. The molecule has 0 spiro atoms. The normalized spacial score (nSPS) is 12.7. The lowest BCUT2D eigenvalue weighted by Gasteiger charge is -2.39. The molecule has 3 aromatic carbocycles. The topological polar surface area (TPSA) is 211 Å². The number of hydrazine groups is 1. The van der Waals surface area contributed by atoms with Crippen LogP contribution < -0.4 is 15.1 Å². The van der Waals surface area contributed by atoms with Crippen LogP contribution in [0.5, 0.6) is 5.75 Å². The van der Waals surface area contributed by atoms with Crippen molar-refractivity contribution in [3.8, 4) is 5.75 Å². The van der Waals surface area contributed by atoms with Gasteiger partial charge in [0, 0.05) is 44.2 Å². The number of alkyl halides is 5. The molecule has 1 heterocycles. The van der Waals surface area contributed by atoms with Crippen molar-refractivity contribution in [2.75, 3.05) is 30.6 Å². The number of nitrogens with one attached hydrogen (secondary N) is 1. The van der Waals surface area contributed by atoms with Gasteiger partial charge in [0.1, 0.15) is 29.4 Å². The summed E-state index contributed by atoms with van der Waals surface area (Å²) in [6.45, 7) is 13.0. The predicted octanol–water partition coefficient (Wildman–Crippen LogP) is 10.5. The van der Waals surface area contributed by atoms with Crippen LogP contribution in [0.1, 0.15) is 70.7 Å². The second kappa shape index (κ2) is 22.8. The predicted molar refractivity (Wildman–Crippen MR) is 254 cm³/mol. The van der Waals surface area contributed by atoms with Gasteiger partial charge >= 0.3 is 29.8 Å². The van der Waals surface area contributed by atoms with Gasteiger partial charge in [0.05, 0.1) is 29.9 Å². The fraction of sp³-hybridized carbons (Fsp3) is 0.447. The molecule has 2 N–H and O–H groups in total. The van der Waals surface area contributed by atoms with Crippen LogP contribution in [0.4, 0.5) is 52.1 Å². The molecule has 0 aliphatic carbocycles. The first-order valence-electron chi connectivity index (χ1n) is 22.1. The summed E-state index contributed by atoms with van der Waals surface area (Å²) in [6.07, 6.45) is -5.60. The monoisotopic (exact) mass is 1060 g/mol. The molecule has 1 unspecified atom stereocenters. The van der Waals surface area contributed by atoms with Crippen molar-refractivity contribution >= 4 is 70.2 Å². The Morgan fingerprint density at radius 2 is 1.46 bits per heavy atom. The van der Waals surface area contributed by atoms with Crippen LogP contribution in [0, 0.1) is 5.82 Å². The summed E-state index contributed by atoms with van der Waals surface area (Å²) in [6, 6.07) is 7.96. The van der Waals surface area contributed by atoms with E-state index in [0.29, 0.717) is 17.1 Å². The van der Waals surface area contributed by atoms with E-state index >= 15 is 4.39 Å². The fourth-order valence-electron chi connectivity index (χ4n) is 6.66. The molecule has 4 aromatic rings. The van der Waals surface area contributed by atoms with Crippen LogP contribution in [0.3, 0.4) is 0 Å². The average Bonchev–Trinajstić information content (AvgIpc) is 3.22. The maximum Gasteiger partial charge on any atom is 0.501 e. The van der Waals surface area contributed by atoms with Gasteiger partial charge in [-0.15, -0.1) is 5.01 Å². The number of aryl methyl sites for hydroxylation is 1. The van der Waals surface area contributed by atoms with Gasteiger partial charge in [0.2, 0.25) is 5.91 Å². The standard InChI is InChI=1S/C47H57F6N5O12SSi/c1-45(2,3)69-43(63)58(44(64)70-46(4,5)6)57(33-15-11-30-24-54-25-35(48)34(30)23-33)40(41(60)61)29-12-16-36(68-27-38(49)50)28(21-29)13-18-39(59)55-32-14-17-37(71(65,66)47(51,52)53)31(22-32)26-56(7)42(62)67-19-20-72(8,9)10/h11-12,14-17,21-25,38,40H,13,18-20,26-27H2,1-10H3,(H,55,59)(H,60,61). The first-order chi connectivity index (χ1) is 33.1. The van der Waals surface area contributed by atoms with Crippen molar-refractivity contribution < 1.29 is 82.8 Å². The molecule has 4 rings (SSSR count). The number of carboxylic acid groups (broad SMARTS) is 1. The Balaban J connectivity index is 1.81. The maximum atomic E-state index is 15.3. The first kappa shape index (κ1) is 57.9. The number of ether oxygens (including phenoxy) is 4. The Kier molecular flexibility index (Phi) is 18.4. The molecule has 394 valence electrons. The van der Waals surface area contributed by atoms with E-state index in [4.69, 9.17) is 18.9 Å². The lowest BCUT2D eigenvalue weighted by atomic mass is 9.99. The van der Waals surface area contributed by atoms with Gasteiger partial charge in [-0.3, -0.25) is 14.8 Å². The highest BCUT2D eigenvalue weighted by Gasteiger charge is 2.48. The summed E-state index contributed by atoms with van der Waals surface area (Å²) in [4.78, 5) is 71.7. The van der Waals surface area contributed by atoms with Gasteiger partial charge in [-0.25, -0.2) is 40.8 Å². The van der Waals surface area contributed by atoms with E-state index < -0.39 is 120 Å². The second-order valence-corrected chi connectivity index (χ2v) is 27.1. The zero-order chi connectivity index (χ0) is 54.3. The largest absolute Gasteiger partial charge is 0.501 e. The molecular formula is C47H57F6N5O12SSi. The number of aromatic nitrogens is 1. The molecule has 0 saturated carbocycles. The number of hydrogen-bond acceptors (Lipinski definition) is 13. The number of nitrogens with zero attached hydrogens (tertiary/aromatic N) is 4. The van der Waals surface area contributed by atoms with Crippen molar-refractivity contribution in [3.05, 3.63) is 89.5 Å². The average molecular weight is 1060 g/mol. The highest BCUT2D eigenvalue weighted by molar-refractivity contribution is 7.92. The van der Waals surface area contributed by atoms with Gasteiger partial charge in [-0.1, -0.05) is 31.8 Å². The van der Waals surface area contributed by atoms with E-state index in [1.165, 1.54) is 66.9 Å². The number of carbonyl (C=O) groups is 5. The summed E-state index contributed by atoms with van der Waals surface area (Å²) < 4.78 is 131. The van der Waals surface area contributed by atoms with E-state index in [1.807, 2.05) is 19.6 Å². The third-order valence-electron chi connectivity index (χ3n) is 9.91. The quantitative estimate of drug-likeness (QED) is 0.0411. The lowest BCUT2D eigenvalue weighted by molar-refractivity contribution is -0.139. The number of anilines is 2. The summed E-state index contributed by atoms with van der Waals surface area (Å²) in [5, 5.41) is 14.6. The van der Waals surface area contributed by atoms with Crippen molar-refractivity contribution in [1.29, 1.82) is 0 Å². The molecule has 25 heteroatoms. The van der Waals surface area contributed by atoms with E-state index in [9.17, 15) is 59.4 Å². The van der Waals surface area contributed by atoms with Crippen LogP contribution in [-0.2, 0) is 46.6 Å². The number of pyridine rings is 1. The summed E-state index contributed by atoms with van der Waals surface area (Å²) >= 11 is 0. The maximum absolute atomic E-state index is 15.3. The highest BCUT2D eigenvalue weighted by atomic mass is 32.2. The van der Waals surface area contributed by atoms with E-state index in [0.717, 1.165) is 47.5 Å². The summed E-state index contributed by atoms with van der Waals surface area (Å²) in [7, 11) is -6.47. The van der Waals surface area contributed by atoms with Crippen molar-refractivity contribution in [2.24, 2.45) is 0 Å². The van der Waals surface area contributed by atoms with Crippen LogP contribution in [0.15, 0.2) is 71.9 Å². The minimum atomic E-state index is -5.98. The van der Waals surface area contributed by atoms with Crippen molar-refractivity contribution in [1.82, 2.24) is 14.9 Å². The number of carbonyl (C=O) groups excluding carboxylic acids is 4. The SMILES string of the molecule is CN(Cc1cc(NC(=O)CCc2cc(C(C(=O)O)N(c3ccc4cncc(F)c4c3)N(C(=O)OC(C)(C)C)C(=O)OC(C)(C)C)ccc2OCC(F)F)ccc1S(=O)(=O)C(F)(F)F)C(=O)OCC[Si](C)(C)C. The molecule has 17 nitrogen and oxygen atoms in total. The van der Waals surface area contributed by atoms with Gasteiger partial charge in [0.15, 0.2) is 6.04 Å². The Bertz CT molecular complexity index is 2740. The number of aliphatic carboxylic acids is 1. The molecule has 4 amide bonds. The number of halogens is 6. The van der Waals surface area contributed by atoms with E-state index in [1.54, 1.807) is 0 Å². The zero-order valence-electron chi connectivity index (χ0n) is 41.2. The molecule has 0 saturated heterocycles. The molecule has 0 fully saturated rings. The van der Waals surface area contributed by atoms with Crippen LogP contribution in [-0.4, -0.2) is 110 Å². The zero-order valence-corrected chi connectivity index (χ0v) is 43.0. The fourth-order valence-corrected chi connectivity index (χ4v) is 8.34. The van der Waals surface area contributed by atoms with Crippen molar-refractivity contribution in [2.45, 2.75) is 121 Å². The molecule has 0 radical (unpaired) electrons. The molecule has 72 heavy (non-hydrogen) atoms. The number of fused-ring (bicyclic) bond motifs is 1. The van der Waals surface area contributed by atoms with Crippen LogP contribution in [0.25, 0.3) is 10.8 Å². The van der Waals surface area contributed by atoms with Gasteiger partial charge in [-0.05, 0) is 113 Å². The Hall–Kier alpha value is -6.63. The number of sulfone groups is 1. The number of hydrogen-bond donors (Lipinski definition) is 2. The number of amides is 4. The lowest BCUT2D eigenvalue weighted by Crippen LogP contribution is -2.56. The van der Waals surface area contributed by atoms with Crippen molar-refractivity contribution in [3.63, 3.8) is 0 Å². The van der Waals surface area contributed by atoms with Gasteiger partial charge < -0.3 is 34.3 Å². The Morgan fingerprint density at radius 3 is 2.01 bits per heavy atom. The number of carboxylic acids is 1. The second-order valence-electron chi connectivity index (χ2n) is 19.6. The highest BCUT2D eigenvalue weighted by Crippen LogP contribution is 2.37. The molecule has 0 aliphatic rings. The minimum absolute atomic E-state index is 0.0100. The van der Waals surface area contributed by atoms with Gasteiger partial charge in [0.25, 0.3) is 16.3 Å². The number of imide groups is 1.